The number of cyclic esters (lactones) is 1. The molecule has 1 aliphatic heterocycles. The molecule has 0 atom stereocenters. The van der Waals surface area contributed by atoms with Crippen LogP contribution in [0.15, 0.2) is 23.5 Å². The smallest absolute Gasteiger partial charge is 0.391 e. The lowest BCUT2D eigenvalue weighted by atomic mass is 10.1. The zero-order chi connectivity index (χ0) is 13.3. The Kier molecular flexibility index (Phi) is 2.93. The fraction of sp³-hybridized carbons (Fsp3) is 0.300. The summed E-state index contributed by atoms with van der Waals surface area (Å²) in [5, 5.41) is 0. The van der Waals surface area contributed by atoms with Crippen molar-refractivity contribution < 1.29 is 22.7 Å². The van der Waals surface area contributed by atoms with E-state index in [9.17, 15) is 18.0 Å². The number of hydrogen-bond acceptors (Lipinski definition) is 4. The fourth-order valence-electron chi connectivity index (χ4n) is 1.37. The van der Waals surface area contributed by atoms with E-state index in [2.05, 4.69) is 9.98 Å². The minimum atomic E-state index is -4.56. The summed E-state index contributed by atoms with van der Waals surface area (Å²) in [5.74, 6) is -0.362. The number of carbonyl (C=O) groups excluding carboxylic acids is 1. The molecule has 0 fully saturated rings. The molecule has 18 heavy (non-hydrogen) atoms. The van der Waals surface area contributed by atoms with Crippen molar-refractivity contribution in [1.29, 1.82) is 0 Å². The lowest BCUT2D eigenvalue weighted by molar-refractivity contribution is -0.137. The zero-order valence-corrected chi connectivity index (χ0v) is 9.23. The summed E-state index contributed by atoms with van der Waals surface area (Å²) >= 11 is 0. The molecule has 0 radical (unpaired) electrons. The summed E-state index contributed by atoms with van der Waals surface area (Å²) in [4.78, 5) is 19.7. The molecule has 1 amide bonds. The van der Waals surface area contributed by atoms with Crippen LogP contribution in [0.2, 0.25) is 0 Å². The first kappa shape index (κ1) is 12.3. The van der Waals surface area contributed by atoms with Crippen LogP contribution in [0, 0.1) is 0 Å². The van der Waals surface area contributed by atoms with E-state index in [-0.39, 0.29) is 18.1 Å². The van der Waals surface area contributed by atoms with Crippen molar-refractivity contribution in [3.63, 3.8) is 0 Å². The molecule has 2 rings (SSSR count). The molecule has 5 nitrogen and oxygen atoms in total. The Balaban J connectivity index is 2.44. The van der Waals surface area contributed by atoms with Crippen molar-refractivity contribution in [3.8, 4) is 0 Å². The summed E-state index contributed by atoms with van der Waals surface area (Å²) in [5.41, 5.74) is -1.28. The molecule has 0 saturated carbocycles. The third-order valence-electron chi connectivity index (χ3n) is 2.28. The van der Waals surface area contributed by atoms with E-state index in [0.717, 1.165) is 23.4 Å². The van der Waals surface area contributed by atoms with Gasteiger partial charge in [-0.05, 0) is 6.07 Å². The molecule has 1 aliphatic rings. The van der Waals surface area contributed by atoms with Gasteiger partial charge in [-0.1, -0.05) is 0 Å². The summed E-state index contributed by atoms with van der Waals surface area (Å²) in [6, 6.07) is 0.810. The van der Waals surface area contributed by atoms with Crippen LogP contribution in [-0.4, -0.2) is 35.6 Å². The van der Waals surface area contributed by atoms with E-state index < -0.39 is 17.8 Å². The van der Waals surface area contributed by atoms with Gasteiger partial charge in [0.25, 0.3) is 0 Å². The zero-order valence-electron chi connectivity index (χ0n) is 9.23. The van der Waals surface area contributed by atoms with Crippen LogP contribution in [0.25, 0.3) is 0 Å². The number of aromatic nitrogens is 1. The Labute approximate surface area is 99.9 Å². The minimum absolute atomic E-state index is 0.0552. The highest BCUT2D eigenvalue weighted by atomic mass is 19.4. The Morgan fingerprint density at radius 3 is 2.78 bits per heavy atom. The Bertz CT molecular complexity index is 513. The number of pyridine rings is 1. The van der Waals surface area contributed by atoms with E-state index >= 15 is 0 Å². The second-order valence-electron chi connectivity index (χ2n) is 3.59. The number of alkyl halides is 3. The molecule has 0 unspecified atom stereocenters. The largest absolute Gasteiger partial charge is 0.417 e. The first-order valence-electron chi connectivity index (χ1n) is 4.88. The number of nitrogens with zero attached hydrogens (tertiary/aromatic N) is 3. The quantitative estimate of drug-likeness (QED) is 0.773. The average Bonchev–Trinajstić information content (AvgIpc) is 2.32. The van der Waals surface area contributed by atoms with Crippen LogP contribution in [-0.2, 0) is 10.9 Å². The maximum atomic E-state index is 12.7. The highest BCUT2D eigenvalue weighted by molar-refractivity contribution is 6.02. The SMILES string of the molecule is CN1CN=C(c2cnccc2C(F)(F)F)OC1=O. The molecule has 2 heterocycles. The average molecular weight is 259 g/mol. The van der Waals surface area contributed by atoms with Gasteiger partial charge in [0.1, 0.15) is 6.67 Å². The van der Waals surface area contributed by atoms with Crippen molar-refractivity contribution in [2.45, 2.75) is 6.18 Å². The predicted octanol–water partition coefficient (Wildman–Crippen LogP) is 1.89. The molecule has 0 bridgehead atoms. The predicted molar refractivity (Wildman–Crippen MR) is 54.9 cm³/mol. The molecule has 0 aliphatic carbocycles. The van der Waals surface area contributed by atoms with Gasteiger partial charge in [-0.25, -0.2) is 9.79 Å². The Hall–Kier alpha value is -2.12. The minimum Gasteiger partial charge on any atom is -0.391 e. The highest BCUT2D eigenvalue weighted by Gasteiger charge is 2.36. The first-order chi connectivity index (χ1) is 8.39. The molecule has 0 N–H and O–H groups in total. The van der Waals surface area contributed by atoms with Crippen molar-refractivity contribution in [1.82, 2.24) is 9.88 Å². The standard InChI is InChI=1S/C10H8F3N3O2/c1-16-5-15-8(18-9(16)17)6-4-14-3-2-7(6)10(11,12)13/h2-4H,5H2,1H3. The molecule has 0 saturated heterocycles. The number of carbonyl (C=O) groups is 1. The van der Waals surface area contributed by atoms with Crippen LogP contribution in [0.4, 0.5) is 18.0 Å². The maximum absolute atomic E-state index is 12.7. The lowest BCUT2D eigenvalue weighted by Crippen LogP contribution is -2.35. The second-order valence-corrected chi connectivity index (χ2v) is 3.59. The van der Waals surface area contributed by atoms with Gasteiger partial charge in [0.15, 0.2) is 0 Å². The third-order valence-corrected chi connectivity index (χ3v) is 2.28. The molecule has 1 aromatic rings. The lowest BCUT2D eigenvalue weighted by Gasteiger charge is -2.22. The Morgan fingerprint density at radius 1 is 1.44 bits per heavy atom. The molecular formula is C10H8F3N3O2. The molecule has 8 heteroatoms. The molecule has 0 spiro atoms. The van der Waals surface area contributed by atoms with Crippen LogP contribution < -0.4 is 0 Å². The van der Waals surface area contributed by atoms with E-state index in [4.69, 9.17) is 4.74 Å². The van der Waals surface area contributed by atoms with Gasteiger partial charge in [-0.3, -0.25) is 9.88 Å². The van der Waals surface area contributed by atoms with Gasteiger partial charge >= 0.3 is 12.3 Å². The first-order valence-corrected chi connectivity index (χ1v) is 4.88. The van der Waals surface area contributed by atoms with Gasteiger partial charge in [0.2, 0.25) is 5.90 Å². The van der Waals surface area contributed by atoms with Crippen LogP contribution in [0.5, 0.6) is 0 Å². The van der Waals surface area contributed by atoms with Gasteiger partial charge in [0.05, 0.1) is 11.1 Å². The summed E-state index contributed by atoms with van der Waals surface area (Å²) < 4.78 is 42.9. The van der Waals surface area contributed by atoms with E-state index in [1.165, 1.54) is 7.05 Å². The van der Waals surface area contributed by atoms with Crippen LogP contribution in [0.3, 0.4) is 0 Å². The van der Waals surface area contributed by atoms with Crippen molar-refractivity contribution in [2.75, 3.05) is 13.7 Å². The third kappa shape index (κ3) is 2.27. The number of ether oxygens (including phenoxy) is 1. The number of halogens is 3. The van der Waals surface area contributed by atoms with Gasteiger partial charge in [-0.15, -0.1) is 0 Å². The number of rotatable bonds is 1. The molecule has 1 aromatic heterocycles. The van der Waals surface area contributed by atoms with Crippen molar-refractivity contribution in [3.05, 3.63) is 29.6 Å². The van der Waals surface area contributed by atoms with E-state index in [1.54, 1.807) is 0 Å². The van der Waals surface area contributed by atoms with Crippen molar-refractivity contribution in [2.24, 2.45) is 4.99 Å². The number of amides is 1. The molecular weight excluding hydrogens is 251 g/mol. The highest BCUT2D eigenvalue weighted by Crippen LogP contribution is 2.32. The topological polar surface area (TPSA) is 54.8 Å². The van der Waals surface area contributed by atoms with E-state index in [0.29, 0.717) is 0 Å². The number of aliphatic imine (C=N–C) groups is 1. The monoisotopic (exact) mass is 259 g/mol. The van der Waals surface area contributed by atoms with Gasteiger partial charge < -0.3 is 4.74 Å². The Morgan fingerprint density at radius 2 is 2.17 bits per heavy atom. The normalized spacial score (nSPS) is 16.3. The fourth-order valence-corrected chi connectivity index (χ4v) is 1.37. The maximum Gasteiger partial charge on any atom is 0.417 e. The van der Waals surface area contributed by atoms with Crippen LogP contribution in [0.1, 0.15) is 11.1 Å². The summed E-state index contributed by atoms with van der Waals surface area (Å²) in [6.45, 7) is -0.0552. The number of hydrogen-bond donors (Lipinski definition) is 0. The van der Waals surface area contributed by atoms with Gasteiger partial charge in [0, 0.05) is 19.4 Å². The molecule has 96 valence electrons. The molecule has 0 aromatic carbocycles. The summed E-state index contributed by atoms with van der Waals surface area (Å²) in [6.07, 6.45) is -3.32. The van der Waals surface area contributed by atoms with E-state index in [1.807, 2.05) is 0 Å². The van der Waals surface area contributed by atoms with Crippen molar-refractivity contribution >= 4 is 12.0 Å². The summed E-state index contributed by atoms with van der Waals surface area (Å²) in [7, 11) is 1.43. The van der Waals surface area contributed by atoms with Crippen LogP contribution >= 0.6 is 0 Å². The second kappa shape index (κ2) is 4.28. The van der Waals surface area contributed by atoms with Gasteiger partial charge in [-0.2, -0.15) is 13.2 Å².